The first kappa shape index (κ1) is 25.9. The molecule has 4 aromatic carbocycles. The number of sulfonamides is 1. The monoisotopic (exact) mass is 533 g/mol. The van der Waals surface area contributed by atoms with E-state index in [0.717, 1.165) is 5.56 Å². The van der Waals surface area contributed by atoms with Crippen LogP contribution in [0.3, 0.4) is 0 Å². The Hall–Kier alpha value is -4.14. The minimum atomic E-state index is -3.81. The van der Waals surface area contributed by atoms with Gasteiger partial charge in [-0.1, -0.05) is 72.3 Å². The second-order valence-corrected chi connectivity index (χ2v) is 10.3. The van der Waals surface area contributed by atoms with Crippen LogP contribution in [0, 0.1) is 0 Å². The Kier molecular flexibility index (Phi) is 7.91. The summed E-state index contributed by atoms with van der Waals surface area (Å²) in [6, 6.07) is 28.1. The first-order valence-electron chi connectivity index (χ1n) is 11.4. The Bertz CT molecular complexity index is 1530. The van der Waals surface area contributed by atoms with Crippen LogP contribution in [0.15, 0.2) is 108 Å². The Morgan fingerprint density at radius 3 is 2.05 bits per heavy atom. The van der Waals surface area contributed by atoms with Crippen molar-refractivity contribution in [2.24, 2.45) is 0 Å². The van der Waals surface area contributed by atoms with Gasteiger partial charge in [0.1, 0.15) is 0 Å². The molecule has 0 radical (unpaired) electrons. The van der Waals surface area contributed by atoms with Gasteiger partial charge in [0.05, 0.1) is 38.5 Å². The van der Waals surface area contributed by atoms with Crippen molar-refractivity contribution in [3.8, 4) is 0 Å². The van der Waals surface area contributed by atoms with E-state index in [-0.39, 0.29) is 33.1 Å². The molecule has 7 nitrogen and oxygen atoms in total. The van der Waals surface area contributed by atoms with Gasteiger partial charge in [-0.3, -0.25) is 14.3 Å². The van der Waals surface area contributed by atoms with Crippen molar-refractivity contribution in [3.63, 3.8) is 0 Å². The van der Waals surface area contributed by atoms with Crippen LogP contribution in [-0.4, -0.2) is 20.2 Å². The number of anilines is 2. The lowest BCUT2D eigenvalue weighted by molar-refractivity contribution is 0.0940. The highest BCUT2D eigenvalue weighted by Gasteiger charge is 2.19. The third-order valence-electron chi connectivity index (χ3n) is 5.59. The van der Waals surface area contributed by atoms with Gasteiger partial charge < -0.3 is 10.6 Å². The van der Waals surface area contributed by atoms with Crippen molar-refractivity contribution in [1.29, 1.82) is 0 Å². The predicted octanol–water partition coefficient (Wildman–Crippen LogP) is 5.88. The van der Waals surface area contributed by atoms with Crippen LogP contribution in [-0.2, 0) is 10.0 Å². The van der Waals surface area contributed by atoms with E-state index in [1.165, 1.54) is 30.3 Å². The van der Waals surface area contributed by atoms with E-state index in [9.17, 15) is 18.0 Å². The fourth-order valence-corrected chi connectivity index (χ4v) is 4.99. The molecule has 0 bridgehead atoms. The summed E-state index contributed by atoms with van der Waals surface area (Å²) in [6.45, 7) is 1.88. The summed E-state index contributed by atoms with van der Waals surface area (Å²) < 4.78 is 27.6. The summed E-state index contributed by atoms with van der Waals surface area (Å²) in [7, 11) is -3.81. The fourth-order valence-electron chi connectivity index (χ4n) is 3.66. The minimum absolute atomic E-state index is 0.0467. The van der Waals surface area contributed by atoms with Crippen LogP contribution < -0.4 is 15.4 Å². The normalized spacial score (nSPS) is 11.8. The summed E-state index contributed by atoms with van der Waals surface area (Å²) in [5, 5.41) is 5.72. The molecule has 37 heavy (non-hydrogen) atoms. The van der Waals surface area contributed by atoms with E-state index in [2.05, 4.69) is 15.4 Å². The summed E-state index contributed by atoms with van der Waals surface area (Å²) in [4.78, 5) is 26.1. The molecule has 1 atom stereocenters. The molecule has 3 N–H and O–H groups in total. The van der Waals surface area contributed by atoms with Crippen LogP contribution >= 0.6 is 11.6 Å². The molecule has 0 fully saturated rings. The zero-order chi connectivity index (χ0) is 26.4. The van der Waals surface area contributed by atoms with E-state index in [0.29, 0.717) is 11.3 Å². The summed E-state index contributed by atoms with van der Waals surface area (Å²) >= 11 is 6.33. The summed E-state index contributed by atoms with van der Waals surface area (Å²) in [5.41, 5.74) is 1.89. The fraction of sp³-hybridized carbons (Fsp3) is 0.0714. The molecule has 0 aromatic heterocycles. The van der Waals surface area contributed by atoms with Gasteiger partial charge in [0.15, 0.2) is 0 Å². The number of hydrogen-bond donors (Lipinski definition) is 3. The van der Waals surface area contributed by atoms with Gasteiger partial charge in [0.2, 0.25) is 0 Å². The van der Waals surface area contributed by atoms with E-state index in [1.54, 1.807) is 42.5 Å². The third-order valence-corrected chi connectivity index (χ3v) is 7.30. The Morgan fingerprint density at radius 2 is 1.38 bits per heavy atom. The zero-order valence-corrected chi connectivity index (χ0v) is 21.4. The van der Waals surface area contributed by atoms with E-state index >= 15 is 0 Å². The maximum Gasteiger partial charge on any atom is 0.261 e. The molecular weight excluding hydrogens is 510 g/mol. The number of carbonyl (C=O) groups is 2. The molecule has 2 amide bonds. The summed E-state index contributed by atoms with van der Waals surface area (Å²) in [6.07, 6.45) is 0. The van der Waals surface area contributed by atoms with Crippen LogP contribution in [0.5, 0.6) is 0 Å². The highest BCUT2D eigenvalue weighted by molar-refractivity contribution is 7.92. The molecule has 0 spiro atoms. The average Bonchev–Trinajstić information content (AvgIpc) is 2.89. The van der Waals surface area contributed by atoms with Crippen molar-refractivity contribution < 1.29 is 18.0 Å². The van der Waals surface area contributed by atoms with Crippen LogP contribution in [0.25, 0.3) is 0 Å². The zero-order valence-electron chi connectivity index (χ0n) is 19.8. The third kappa shape index (κ3) is 6.35. The number of para-hydroxylation sites is 1. The highest BCUT2D eigenvalue weighted by atomic mass is 35.5. The second-order valence-electron chi connectivity index (χ2n) is 8.22. The van der Waals surface area contributed by atoms with Gasteiger partial charge in [-0.2, -0.15) is 0 Å². The molecule has 0 saturated heterocycles. The molecule has 4 aromatic rings. The van der Waals surface area contributed by atoms with E-state index in [4.69, 9.17) is 11.6 Å². The lowest BCUT2D eigenvalue weighted by Gasteiger charge is -2.17. The Morgan fingerprint density at radius 1 is 0.757 bits per heavy atom. The number of halogens is 1. The molecule has 0 aliphatic carbocycles. The number of benzene rings is 4. The van der Waals surface area contributed by atoms with Crippen molar-refractivity contribution in [2.45, 2.75) is 17.9 Å². The average molecular weight is 534 g/mol. The molecular formula is C28H24ClN3O4S. The van der Waals surface area contributed by atoms with Crippen LogP contribution in [0.1, 0.15) is 39.2 Å². The van der Waals surface area contributed by atoms with Crippen molar-refractivity contribution in [3.05, 3.63) is 125 Å². The van der Waals surface area contributed by atoms with Crippen LogP contribution in [0.4, 0.5) is 11.4 Å². The standard InChI is InChI=1S/C28H24ClN3O4S/c1-19(20-10-4-2-5-11-20)30-28(34)24-14-8-9-15-26(24)31-27(33)23-17-16-21(18-25(23)29)32-37(35,36)22-12-6-3-7-13-22/h2-19,32H,1H3,(H,30,34)(H,31,33)/t19-/m1/s1. The molecule has 0 unspecified atom stereocenters. The topological polar surface area (TPSA) is 104 Å². The second kappa shape index (κ2) is 11.3. The lowest BCUT2D eigenvalue weighted by Crippen LogP contribution is -2.28. The van der Waals surface area contributed by atoms with Gasteiger partial charge in [0.25, 0.3) is 21.8 Å². The molecule has 0 aliphatic rings. The molecule has 0 saturated carbocycles. The van der Waals surface area contributed by atoms with Gasteiger partial charge >= 0.3 is 0 Å². The first-order valence-corrected chi connectivity index (χ1v) is 13.2. The van der Waals surface area contributed by atoms with Gasteiger partial charge in [-0.15, -0.1) is 0 Å². The Labute approximate surface area is 220 Å². The van der Waals surface area contributed by atoms with E-state index < -0.39 is 15.9 Å². The molecule has 0 heterocycles. The minimum Gasteiger partial charge on any atom is -0.345 e. The lowest BCUT2D eigenvalue weighted by atomic mass is 10.1. The largest absolute Gasteiger partial charge is 0.345 e. The van der Waals surface area contributed by atoms with Crippen LogP contribution in [0.2, 0.25) is 5.02 Å². The summed E-state index contributed by atoms with van der Waals surface area (Å²) in [5.74, 6) is -0.886. The molecule has 4 rings (SSSR count). The number of carbonyl (C=O) groups excluding carboxylic acids is 2. The number of rotatable bonds is 8. The van der Waals surface area contributed by atoms with Crippen molar-refractivity contribution in [1.82, 2.24) is 5.32 Å². The SMILES string of the molecule is C[C@@H](NC(=O)c1ccccc1NC(=O)c1ccc(NS(=O)(=O)c2ccccc2)cc1Cl)c1ccccc1. The van der Waals surface area contributed by atoms with Gasteiger partial charge in [0, 0.05) is 0 Å². The predicted molar refractivity (Wildman–Crippen MR) is 145 cm³/mol. The highest BCUT2D eigenvalue weighted by Crippen LogP contribution is 2.25. The maximum absolute atomic E-state index is 13.0. The van der Waals surface area contributed by atoms with Crippen molar-refractivity contribution in [2.75, 3.05) is 10.0 Å². The van der Waals surface area contributed by atoms with Gasteiger partial charge in [-0.25, -0.2) is 8.42 Å². The van der Waals surface area contributed by atoms with E-state index in [1.807, 2.05) is 37.3 Å². The molecule has 9 heteroatoms. The molecule has 0 aliphatic heterocycles. The Balaban J connectivity index is 1.48. The smallest absolute Gasteiger partial charge is 0.261 e. The van der Waals surface area contributed by atoms with Crippen molar-refractivity contribution >= 4 is 44.8 Å². The van der Waals surface area contributed by atoms with Gasteiger partial charge in [-0.05, 0) is 55.0 Å². The number of nitrogens with one attached hydrogen (secondary N) is 3. The maximum atomic E-state index is 13.0. The number of amides is 2. The molecule has 188 valence electrons. The number of hydrogen-bond acceptors (Lipinski definition) is 4. The first-order chi connectivity index (χ1) is 17.7. The quantitative estimate of drug-likeness (QED) is 0.263.